The fourth-order valence-corrected chi connectivity index (χ4v) is 3.66. The Morgan fingerprint density at radius 3 is 2.83 bits per heavy atom. The number of thioether (sulfide) groups is 1. The Morgan fingerprint density at radius 2 is 2.17 bits per heavy atom. The molecule has 3 aromatic rings. The summed E-state index contributed by atoms with van der Waals surface area (Å²) in [6.07, 6.45) is 3.18. The Balaban J connectivity index is 1.82. The number of nitrogens with one attached hydrogen (secondary N) is 1. The quantitative estimate of drug-likeness (QED) is 0.200. The number of aromatic nitrogens is 3. The van der Waals surface area contributed by atoms with Gasteiger partial charge in [-0.05, 0) is 36.1 Å². The molecule has 2 aromatic heterocycles. The zero-order chi connectivity index (χ0) is 20.8. The van der Waals surface area contributed by atoms with E-state index in [1.165, 1.54) is 30.0 Å². The first kappa shape index (κ1) is 20.2. The van der Waals surface area contributed by atoms with Crippen molar-refractivity contribution in [3.63, 3.8) is 0 Å². The van der Waals surface area contributed by atoms with Crippen LogP contribution in [0.4, 0.5) is 10.8 Å². The van der Waals surface area contributed by atoms with Gasteiger partial charge < -0.3 is 4.57 Å². The van der Waals surface area contributed by atoms with E-state index in [1.807, 2.05) is 13.0 Å². The number of carbonyl (C=O) groups excluding carboxylic acids is 1. The Kier molecular flexibility index (Phi) is 6.38. The standard InChI is InChI=1S/C18H14N6O3S2/c1-2-28-18-21-17(29-22-18)20-16(25)12(11-19)10-15-4-3-9-23(15)13-5-7-14(8-6-13)24(26)27/h3-10H,2H2,1H3,(H,20,21,22,25)/b12-10-. The Hall–Kier alpha value is -3.49. The third kappa shape index (κ3) is 4.87. The minimum Gasteiger partial charge on any atom is -0.317 e. The molecule has 1 amide bonds. The number of non-ortho nitro benzene ring substituents is 1. The van der Waals surface area contributed by atoms with E-state index in [0.29, 0.717) is 21.7 Å². The van der Waals surface area contributed by atoms with Crippen LogP contribution in [0.1, 0.15) is 12.6 Å². The van der Waals surface area contributed by atoms with Crippen molar-refractivity contribution in [2.24, 2.45) is 0 Å². The highest BCUT2D eigenvalue weighted by molar-refractivity contribution is 7.99. The maximum atomic E-state index is 12.5. The molecule has 11 heteroatoms. The van der Waals surface area contributed by atoms with Crippen LogP contribution in [0.25, 0.3) is 11.8 Å². The number of nitrogens with zero attached hydrogens (tertiary/aromatic N) is 5. The topological polar surface area (TPSA) is 127 Å². The number of carbonyl (C=O) groups is 1. The first-order valence-corrected chi connectivity index (χ1v) is 10.1. The number of hydrogen-bond acceptors (Lipinski definition) is 8. The molecule has 3 rings (SSSR count). The van der Waals surface area contributed by atoms with E-state index in [4.69, 9.17) is 0 Å². The van der Waals surface area contributed by atoms with Crippen molar-refractivity contribution in [3.8, 4) is 11.8 Å². The highest BCUT2D eigenvalue weighted by Gasteiger charge is 2.14. The SMILES string of the molecule is CCSc1nsc(NC(=O)/C(C#N)=C\c2cccn2-c2ccc([N+](=O)[O-])cc2)n1. The third-order valence-electron chi connectivity index (χ3n) is 3.68. The van der Waals surface area contributed by atoms with Crippen molar-refractivity contribution in [1.82, 2.24) is 13.9 Å². The number of nitriles is 1. The van der Waals surface area contributed by atoms with E-state index in [-0.39, 0.29) is 11.3 Å². The van der Waals surface area contributed by atoms with Gasteiger partial charge in [-0.3, -0.25) is 20.2 Å². The summed E-state index contributed by atoms with van der Waals surface area (Å²) in [6, 6.07) is 11.3. The predicted molar refractivity (Wildman–Crippen MR) is 111 cm³/mol. The van der Waals surface area contributed by atoms with E-state index in [2.05, 4.69) is 14.7 Å². The lowest BCUT2D eigenvalue weighted by atomic mass is 10.2. The molecule has 0 fully saturated rings. The van der Waals surface area contributed by atoms with Gasteiger partial charge in [0.2, 0.25) is 10.3 Å². The van der Waals surface area contributed by atoms with Crippen LogP contribution in [0.3, 0.4) is 0 Å². The molecular formula is C18H14N6O3S2. The van der Waals surface area contributed by atoms with Crippen LogP contribution < -0.4 is 5.32 Å². The maximum absolute atomic E-state index is 12.5. The number of nitro groups is 1. The molecule has 29 heavy (non-hydrogen) atoms. The average molecular weight is 426 g/mol. The molecule has 0 radical (unpaired) electrons. The number of benzene rings is 1. The summed E-state index contributed by atoms with van der Waals surface area (Å²) in [5.41, 5.74) is 1.11. The second kappa shape index (κ2) is 9.13. The van der Waals surface area contributed by atoms with Crippen molar-refractivity contribution >= 4 is 46.1 Å². The zero-order valence-corrected chi connectivity index (χ0v) is 16.7. The smallest absolute Gasteiger partial charge is 0.269 e. The van der Waals surface area contributed by atoms with Gasteiger partial charge in [-0.25, -0.2) is 0 Å². The summed E-state index contributed by atoms with van der Waals surface area (Å²) in [5, 5.41) is 23.7. The lowest BCUT2D eigenvalue weighted by molar-refractivity contribution is -0.384. The summed E-state index contributed by atoms with van der Waals surface area (Å²) < 4.78 is 5.84. The van der Waals surface area contributed by atoms with Crippen LogP contribution in [0, 0.1) is 21.4 Å². The van der Waals surface area contributed by atoms with Crippen molar-refractivity contribution in [3.05, 3.63) is 64.0 Å². The zero-order valence-electron chi connectivity index (χ0n) is 15.1. The summed E-state index contributed by atoms with van der Waals surface area (Å²) in [5.74, 6) is 0.223. The summed E-state index contributed by atoms with van der Waals surface area (Å²) in [6.45, 7) is 1.97. The average Bonchev–Trinajstić information content (AvgIpc) is 3.35. The van der Waals surface area contributed by atoms with Gasteiger partial charge in [0.15, 0.2) is 0 Å². The number of rotatable bonds is 7. The van der Waals surface area contributed by atoms with Crippen LogP contribution in [0.2, 0.25) is 0 Å². The van der Waals surface area contributed by atoms with Gasteiger partial charge in [-0.1, -0.05) is 18.7 Å². The van der Waals surface area contributed by atoms with Crippen LogP contribution >= 0.6 is 23.3 Å². The highest BCUT2D eigenvalue weighted by Crippen LogP contribution is 2.21. The molecule has 0 spiro atoms. The first-order valence-electron chi connectivity index (χ1n) is 8.33. The molecule has 0 atom stereocenters. The van der Waals surface area contributed by atoms with E-state index < -0.39 is 10.8 Å². The maximum Gasteiger partial charge on any atom is 0.269 e. The molecule has 0 bridgehead atoms. The number of nitro benzene ring substituents is 1. The molecule has 0 aliphatic heterocycles. The largest absolute Gasteiger partial charge is 0.317 e. The van der Waals surface area contributed by atoms with E-state index >= 15 is 0 Å². The summed E-state index contributed by atoms with van der Waals surface area (Å²) in [4.78, 5) is 27.0. The molecule has 0 saturated heterocycles. The van der Waals surface area contributed by atoms with Gasteiger partial charge >= 0.3 is 0 Å². The fraction of sp³-hybridized carbons (Fsp3) is 0.111. The van der Waals surface area contributed by atoms with Crippen molar-refractivity contribution < 1.29 is 9.72 Å². The van der Waals surface area contributed by atoms with Gasteiger partial charge in [-0.15, -0.1) is 0 Å². The second-order valence-electron chi connectivity index (χ2n) is 5.52. The molecule has 0 unspecified atom stereocenters. The Morgan fingerprint density at radius 1 is 1.41 bits per heavy atom. The van der Waals surface area contributed by atoms with Gasteiger partial charge in [0.25, 0.3) is 11.6 Å². The predicted octanol–water partition coefficient (Wildman–Crippen LogP) is 3.89. The van der Waals surface area contributed by atoms with Crippen molar-refractivity contribution in [2.75, 3.05) is 11.1 Å². The molecule has 146 valence electrons. The van der Waals surface area contributed by atoms with Crippen molar-refractivity contribution in [2.45, 2.75) is 12.1 Å². The molecule has 0 aliphatic carbocycles. The van der Waals surface area contributed by atoms with Crippen LogP contribution in [-0.4, -0.2) is 30.5 Å². The van der Waals surface area contributed by atoms with Crippen LogP contribution in [0.15, 0.2) is 53.3 Å². The van der Waals surface area contributed by atoms with Gasteiger partial charge in [0.1, 0.15) is 11.6 Å². The lowest BCUT2D eigenvalue weighted by Gasteiger charge is -2.07. The van der Waals surface area contributed by atoms with E-state index in [9.17, 15) is 20.2 Å². The van der Waals surface area contributed by atoms with Gasteiger partial charge in [0.05, 0.1) is 4.92 Å². The van der Waals surface area contributed by atoms with Crippen LogP contribution in [-0.2, 0) is 4.79 Å². The molecule has 1 aromatic carbocycles. The minimum absolute atomic E-state index is 0.0206. The minimum atomic E-state index is -0.590. The van der Waals surface area contributed by atoms with E-state index in [1.54, 1.807) is 35.0 Å². The summed E-state index contributed by atoms with van der Waals surface area (Å²) in [7, 11) is 0. The molecule has 0 aliphatic rings. The lowest BCUT2D eigenvalue weighted by Crippen LogP contribution is -2.13. The van der Waals surface area contributed by atoms with Crippen LogP contribution in [0.5, 0.6) is 0 Å². The first-order chi connectivity index (χ1) is 14.0. The molecular weight excluding hydrogens is 412 g/mol. The number of amides is 1. The van der Waals surface area contributed by atoms with E-state index in [0.717, 1.165) is 17.3 Å². The van der Waals surface area contributed by atoms with Gasteiger partial charge in [-0.2, -0.15) is 14.6 Å². The fourth-order valence-electron chi connectivity index (χ4n) is 2.39. The van der Waals surface area contributed by atoms with Gasteiger partial charge in [0, 0.05) is 41.2 Å². The third-order valence-corrected chi connectivity index (χ3v) is 5.15. The normalized spacial score (nSPS) is 11.1. The molecule has 0 saturated carbocycles. The number of hydrogen-bond donors (Lipinski definition) is 1. The molecule has 1 N–H and O–H groups in total. The molecule has 2 heterocycles. The monoisotopic (exact) mass is 426 g/mol. The second-order valence-corrected chi connectivity index (χ2v) is 7.50. The summed E-state index contributed by atoms with van der Waals surface area (Å²) >= 11 is 2.50. The van der Waals surface area contributed by atoms with Crippen molar-refractivity contribution in [1.29, 1.82) is 5.26 Å². The number of anilines is 1. The Labute approximate surface area is 174 Å². The Bertz CT molecular complexity index is 1110. The molecule has 9 nitrogen and oxygen atoms in total. The highest BCUT2D eigenvalue weighted by atomic mass is 32.2.